The van der Waals surface area contributed by atoms with E-state index in [4.69, 9.17) is 5.73 Å². The van der Waals surface area contributed by atoms with E-state index in [9.17, 15) is 4.79 Å². The third kappa shape index (κ3) is 4.23. The van der Waals surface area contributed by atoms with Crippen LogP contribution in [0.2, 0.25) is 0 Å². The van der Waals surface area contributed by atoms with Crippen LogP contribution in [0.15, 0.2) is 24.3 Å². The summed E-state index contributed by atoms with van der Waals surface area (Å²) in [4.78, 5) is 16.5. The lowest BCUT2D eigenvalue weighted by atomic mass is 10.1. The van der Waals surface area contributed by atoms with Crippen molar-refractivity contribution in [1.82, 2.24) is 9.80 Å². The van der Waals surface area contributed by atoms with E-state index in [0.717, 1.165) is 37.4 Å². The molecular weight excluding hydrogens is 250 g/mol. The minimum Gasteiger partial charge on any atom is -0.399 e. The van der Waals surface area contributed by atoms with Gasteiger partial charge in [-0.1, -0.05) is 19.1 Å². The number of carbonyl (C=O) groups is 1. The molecule has 1 atom stereocenters. The molecule has 0 saturated heterocycles. The van der Waals surface area contributed by atoms with E-state index in [1.807, 2.05) is 49.9 Å². The molecule has 1 aromatic carbocycles. The summed E-state index contributed by atoms with van der Waals surface area (Å²) in [5.74, 6) is 0.195. The highest BCUT2D eigenvalue weighted by Crippen LogP contribution is 2.13. The average molecular weight is 277 g/mol. The average Bonchev–Trinajstić information content (AvgIpc) is 2.45. The van der Waals surface area contributed by atoms with Gasteiger partial charge in [0.05, 0.1) is 6.04 Å². The summed E-state index contributed by atoms with van der Waals surface area (Å²) >= 11 is 0. The van der Waals surface area contributed by atoms with Crippen molar-refractivity contribution >= 4 is 11.6 Å². The maximum Gasteiger partial charge on any atom is 0.239 e. The number of hydrogen-bond acceptors (Lipinski definition) is 3. The molecule has 2 N–H and O–H groups in total. The van der Waals surface area contributed by atoms with Crippen LogP contribution in [0.4, 0.5) is 5.69 Å². The number of carbonyl (C=O) groups excluding carboxylic acids is 1. The van der Waals surface area contributed by atoms with Gasteiger partial charge in [-0.15, -0.1) is 0 Å². The van der Waals surface area contributed by atoms with Crippen molar-refractivity contribution in [3.63, 3.8) is 0 Å². The SMILES string of the molecule is CCN(CC)C(=O)C(C)N(CC)Cc1cccc(N)c1. The molecule has 4 nitrogen and oxygen atoms in total. The Labute approximate surface area is 122 Å². The molecule has 0 radical (unpaired) electrons. The zero-order valence-electron chi connectivity index (χ0n) is 13.1. The fraction of sp³-hybridized carbons (Fsp3) is 0.562. The lowest BCUT2D eigenvalue weighted by Crippen LogP contribution is -2.46. The quantitative estimate of drug-likeness (QED) is 0.778. The monoisotopic (exact) mass is 277 g/mol. The van der Waals surface area contributed by atoms with Crippen molar-refractivity contribution < 1.29 is 4.79 Å². The predicted molar refractivity (Wildman–Crippen MR) is 84.3 cm³/mol. The Kier molecular flexibility index (Phi) is 6.52. The fourth-order valence-corrected chi connectivity index (χ4v) is 2.40. The molecule has 0 saturated carbocycles. The van der Waals surface area contributed by atoms with Gasteiger partial charge in [-0.25, -0.2) is 0 Å². The number of benzene rings is 1. The van der Waals surface area contributed by atoms with Crippen LogP contribution in [0.25, 0.3) is 0 Å². The van der Waals surface area contributed by atoms with E-state index < -0.39 is 0 Å². The predicted octanol–water partition coefficient (Wildman–Crippen LogP) is 2.35. The van der Waals surface area contributed by atoms with Gasteiger partial charge in [0.25, 0.3) is 0 Å². The summed E-state index contributed by atoms with van der Waals surface area (Å²) < 4.78 is 0. The van der Waals surface area contributed by atoms with Crippen molar-refractivity contribution in [3.05, 3.63) is 29.8 Å². The van der Waals surface area contributed by atoms with Crippen LogP contribution < -0.4 is 5.73 Å². The van der Waals surface area contributed by atoms with Crippen LogP contribution in [-0.4, -0.2) is 41.4 Å². The molecule has 1 amide bonds. The van der Waals surface area contributed by atoms with Crippen LogP contribution >= 0.6 is 0 Å². The second-order valence-corrected chi connectivity index (χ2v) is 4.99. The molecule has 0 aliphatic carbocycles. The molecule has 1 aromatic rings. The van der Waals surface area contributed by atoms with Crippen molar-refractivity contribution in [2.24, 2.45) is 0 Å². The van der Waals surface area contributed by atoms with Gasteiger partial charge in [-0.05, 0) is 45.0 Å². The van der Waals surface area contributed by atoms with Crippen LogP contribution in [0, 0.1) is 0 Å². The first-order valence-electron chi connectivity index (χ1n) is 7.40. The number of nitrogen functional groups attached to an aromatic ring is 1. The molecule has 0 aromatic heterocycles. The molecule has 1 rings (SSSR count). The molecule has 1 unspecified atom stereocenters. The Hall–Kier alpha value is -1.55. The topological polar surface area (TPSA) is 49.6 Å². The maximum atomic E-state index is 12.4. The van der Waals surface area contributed by atoms with E-state index in [0.29, 0.717) is 0 Å². The van der Waals surface area contributed by atoms with Crippen LogP contribution in [0.3, 0.4) is 0 Å². The number of amides is 1. The zero-order valence-corrected chi connectivity index (χ0v) is 13.1. The van der Waals surface area contributed by atoms with Gasteiger partial charge in [-0.2, -0.15) is 0 Å². The first-order chi connectivity index (χ1) is 9.53. The fourth-order valence-electron chi connectivity index (χ4n) is 2.40. The number of likely N-dealkylation sites (N-methyl/N-ethyl adjacent to an activating group) is 2. The Morgan fingerprint density at radius 3 is 2.35 bits per heavy atom. The summed E-state index contributed by atoms with van der Waals surface area (Å²) in [6, 6.07) is 7.74. The lowest BCUT2D eigenvalue weighted by Gasteiger charge is -2.31. The Bertz CT molecular complexity index is 429. The number of hydrogen-bond donors (Lipinski definition) is 1. The van der Waals surface area contributed by atoms with Crippen LogP contribution in [0.1, 0.15) is 33.3 Å². The first-order valence-corrected chi connectivity index (χ1v) is 7.40. The molecule has 112 valence electrons. The second-order valence-electron chi connectivity index (χ2n) is 4.99. The van der Waals surface area contributed by atoms with Gasteiger partial charge in [0.15, 0.2) is 0 Å². The molecule has 0 bridgehead atoms. The minimum absolute atomic E-state index is 0.110. The van der Waals surface area contributed by atoms with Gasteiger partial charge < -0.3 is 10.6 Å². The first kappa shape index (κ1) is 16.5. The Balaban J connectivity index is 2.77. The molecule has 0 heterocycles. The molecular formula is C16H27N3O. The lowest BCUT2D eigenvalue weighted by molar-refractivity contribution is -0.136. The molecule has 0 fully saturated rings. The second kappa shape index (κ2) is 7.90. The maximum absolute atomic E-state index is 12.4. The molecule has 0 aliphatic heterocycles. The number of nitrogens with two attached hydrogens (primary N) is 1. The summed E-state index contributed by atoms with van der Waals surface area (Å²) in [6.07, 6.45) is 0. The zero-order chi connectivity index (χ0) is 15.1. The molecule has 20 heavy (non-hydrogen) atoms. The Morgan fingerprint density at radius 2 is 1.85 bits per heavy atom. The molecule has 4 heteroatoms. The molecule has 0 spiro atoms. The van der Waals surface area contributed by atoms with E-state index >= 15 is 0 Å². The number of anilines is 1. The van der Waals surface area contributed by atoms with Crippen molar-refractivity contribution in [1.29, 1.82) is 0 Å². The highest BCUT2D eigenvalue weighted by Gasteiger charge is 2.23. The van der Waals surface area contributed by atoms with Crippen molar-refractivity contribution in [3.8, 4) is 0 Å². The van der Waals surface area contributed by atoms with E-state index in [2.05, 4.69) is 11.8 Å². The van der Waals surface area contributed by atoms with Gasteiger partial charge in [0.2, 0.25) is 5.91 Å². The summed E-state index contributed by atoms with van der Waals surface area (Å²) in [7, 11) is 0. The van der Waals surface area contributed by atoms with Crippen molar-refractivity contribution in [2.45, 2.75) is 40.3 Å². The van der Waals surface area contributed by atoms with Gasteiger partial charge in [0, 0.05) is 25.3 Å². The van der Waals surface area contributed by atoms with Crippen molar-refractivity contribution in [2.75, 3.05) is 25.4 Å². The summed E-state index contributed by atoms with van der Waals surface area (Å²) in [5.41, 5.74) is 7.72. The summed E-state index contributed by atoms with van der Waals surface area (Å²) in [5, 5.41) is 0. The highest BCUT2D eigenvalue weighted by molar-refractivity contribution is 5.81. The molecule has 0 aliphatic rings. The van der Waals surface area contributed by atoms with E-state index in [1.54, 1.807) is 0 Å². The standard InChI is InChI=1S/C16H27N3O/c1-5-18(6-2)16(20)13(4)19(7-3)12-14-9-8-10-15(17)11-14/h8-11,13H,5-7,12,17H2,1-4H3. The minimum atomic E-state index is -0.110. The summed E-state index contributed by atoms with van der Waals surface area (Å²) in [6.45, 7) is 11.2. The number of nitrogens with zero attached hydrogens (tertiary/aromatic N) is 2. The smallest absolute Gasteiger partial charge is 0.239 e. The largest absolute Gasteiger partial charge is 0.399 e. The van der Waals surface area contributed by atoms with E-state index in [1.165, 1.54) is 0 Å². The van der Waals surface area contributed by atoms with Gasteiger partial charge >= 0.3 is 0 Å². The van der Waals surface area contributed by atoms with Gasteiger partial charge in [-0.3, -0.25) is 9.69 Å². The normalized spacial score (nSPS) is 12.4. The Morgan fingerprint density at radius 1 is 1.20 bits per heavy atom. The highest BCUT2D eigenvalue weighted by atomic mass is 16.2. The van der Waals surface area contributed by atoms with Gasteiger partial charge in [0.1, 0.15) is 0 Å². The van der Waals surface area contributed by atoms with Crippen LogP contribution in [-0.2, 0) is 11.3 Å². The third-order valence-electron chi connectivity index (χ3n) is 3.72. The van der Waals surface area contributed by atoms with Crippen LogP contribution in [0.5, 0.6) is 0 Å². The number of rotatable bonds is 7. The third-order valence-corrected chi connectivity index (χ3v) is 3.72. The van der Waals surface area contributed by atoms with E-state index in [-0.39, 0.29) is 11.9 Å².